The number of nitrogens with zero attached hydrogens (tertiary/aromatic N) is 2. The maximum Gasteiger partial charge on any atom is 0.208 e. The van der Waals surface area contributed by atoms with Crippen LogP contribution in [0.5, 0.6) is 0 Å². The third-order valence-electron chi connectivity index (χ3n) is 4.79. The Morgan fingerprint density at radius 3 is 2.52 bits per heavy atom. The summed E-state index contributed by atoms with van der Waals surface area (Å²) in [5.74, 6) is 0.752. The molecule has 0 aliphatic carbocycles. The van der Waals surface area contributed by atoms with Crippen molar-refractivity contribution in [2.75, 3.05) is 39.0 Å². The van der Waals surface area contributed by atoms with E-state index in [1.807, 2.05) is 6.92 Å². The van der Waals surface area contributed by atoms with Crippen LogP contribution in [0.3, 0.4) is 0 Å². The Labute approximate surface area is 163 Å². The van der Waals surface area contributed by atoms with Crippen molar-refractivity contribution < 1.29 is 8.42 Å². The van der Waals surface area contributed by atoms with E-state index in [9.17, 15) is 8.42 Å². The molecule has 1 aromatic carbocycles. The molecule has 0 aromatic heterocycles. The second kappa shape index (κ2) is 10.6. The van der Waals surface area contributed by atoms with Gasteiger partial charge in [0.15, 0.2) is 5.96 Å². The number of hydrogen-bond acceptors (Lipinski definition) is 4. The monoisotopic (exact) mass is 395 g/mol. The molecule has 1 atom stereocenters. The standard InChI is InChI=1S/C19H33N5O2S/c1-4-20-19(21-12-13-22-27(3,25)26)23-18-10-14-24(15-11-18)16(2)17-8-6-5-7-9-17/h5-9,16,18,22H,4,10-15H2,1-3H3,(H2,20,21,23). The Morgan fingerprint density at radius 1 is 1.26 bits per heavy atom. The van der Waals surface area contributed by atoms with E-state index in [1.165, 1.54) is 5.56 Å². The van der Waals surface area contributed by atoms with Crippen LogP contribution in [-0.2, 0) is 10.0 Å². The summed E-state index contributed by atoms with van der Waals surface area (Å²) < 4.78 is 24.7. The van der Waals surface area contributed by atoms with E-state index in [2.05, 4.69) is 62.5 Å². The molecule has 1 fully saturated rings. The number of benzene rings is 1. The fourth-order valence-corrected chi connectivity index (χ4v) is 3.75. The molecule has 27 heavy (non-hydrogen) atoms. The zero-order valence-electron chi connectivity index (χ0n) is 16.6. The van der Waals surface area contributed by atoms with Gasteiger partial charge in [-0.25, -0.2) is 13.1 Å². The summed E-state index contributed by atoms with van der Waals surface area (Å²) in [6.45, 7) is 7.87. The van der Waals surface area contributed by atoms with Crippen molar-refractivity contribution in [1.82, 2.24) is 20.3 Å². The van der Waals surface area contributed by atoms with Gasteiger partial charge in [-0.1, -0.05) is 30.3 Å². The number of hydrogen-bond donors (Lipinski definition) is 3. The van der Waals surface area contributed by atoms with Gasteiger partial charge in [0, 0.05) is 38.3 Å². The second-order valence-electron chi connectivity index (χ2n) is 6.97. The topological polar surface area (TPSA) is 85.8 Å². The summed E-state index contributed by atoms with van der Waals surface area (Å²) in [6, 6.07) is 11.4. The van der Waals surface area contributed by atoms with Crippen molar-refractivity contribution in [3.63, 3.8) is 0 Å². The first-order valence-electron chi connectivity index (χ1n) is 9.67. The van der Waals surface area contributed by atoms with Crippen molar-refractivity contribution in [1.29, 1.82) is 0 Å². The lowest BCUT2D eigenvalue weighted by Crippen LogP contribution is -2.49. The van der Waals surface area contributed by atoms with E-state index in [0.717, 1.165) is 44.7 Å². The molecule has 3 N–H and O–H groups in total. The van der Waals surface area contributed by atoms with Crippen LogP contribution >= 0.6 is 0 Å². The average Bonchev–Trinajstić information content (AvgIpc) is 2.65. The summed E-state index contributed by atoms with van der Waals surface area (Å²) in [7, 11) is -3.16. The highest BCUT2D eigenvalue weighted by atomic mass is 32.2. The Hall–Kier alpha value is -1.64. The Morgan fingerprint density at radius 2 is 1.93 bits per heavy atom. The van der Waals surface area contributed by atoms with Gasteiger partial charge in [-0.05, 0) is 32.3 Å². The van der Waals surface area contributed by atoms with Crippen molar-refractivity contribution in [2.24, 2.45) is 4.99 Å². The molecule has 1 aliphatic heterocycles. The Balaban J connectivity index is 1.81. The number of aliphatic imine (C=N–C) groups is 1. The van der Waals surface area contributed by atoms with E-state index >= 15 is 0 Å². The number of guanidine groups is 1. The van der Waals surface area contributed by atoms with Crippen LogP contribution in [0.2, 0.25) is 0 Å². The van der Waals surface area contributed by atoms with Gasteiger partial charge in [0.05, 0.1) is 12.8 Å². The minimum absolute atomic E-state index is 0.308. The van der Waals surface area contributed by atoms with Crippen molar-refractivity contribution >= 4 is 16.0 Å². The molecule has 1 unspecified atom stereocenters. The molecule has 1 heterocycles. The fourth-order valence-electron chi connectivity index (χ4n) is 3.29. The second-order valence-corrected chi connectivity index (χ2v) is 8.80. The van der Waals surface area contributed by atoms with Gasteiger partial charge >= 0.3 is 0 Å². The summed E-state index contributed by atoms with van der Waals surface area (Å²) >= 11 is 0. The number of rotatable bonds is 8. The SMILES string of the molecule is CCNC(=NCCNS(C)(=O)=O)NC1CCN(C(C)c2ccccc2)CC1. The van der Waals surface area contributed by atoms with Crippen LogP contribution in [0.4, 0.5) is 0 Å². The van der Waals surface area contributed by atoms with Crippen LogP contribution < -0.4 is 15.4 Å². The molecule has 152 valence electrons. The van der Waals surface area contributed by atoms with Crippen molar-refractivity contribution in [3.8, 4) is 0 Å². The van der Waals surface area contributed by atoms with Gasteiger partial charge in [-0.15, -0.1) is 0 Å². The van der Waals surface area contributed by atoms with Gasteiger partial charge < -0.3 is 10.6 Å². The van der Waals surface area contributed by atoms with Gasteiger partial charge in [-0.2, -0.15) is 0 Å². The number of likely N-dealkylation sites (tertiary alicyclic amines) is 1. The number of sulfonamides is 1. The molecule has 8 heteroatoms. The largest absolute Gasteiger partial charge is 0.357 e. The van der Waals surface area contributed by atoms with Gasteiger partial charge in [0.2, 0.25) is 10.0 Å². The smallest absolute Gasteiger partial charge is 0.208 e. The van der Waals surface area contributed by atoms with Gasteiger partial charge in [0.25, 0.3) is 0 Å². The van der Waals surface area contributed by atoms with E-state index in [4.69, 9.17) is 0 Å². The minimum Gasteiger partial charge on any atom is -0.357 e. The van der Waals surface area contributed by atoms with E-state index in [0.29, 0.717) is 25.2 Å². The molecule has 0 bridgehead atoms. The van der Waals surface area contributed by atoms with Gasteiger partial charge in [0.1, 0.15) is 0 Å². The molecule has 0 saturated carbocycles. The zero-order chi connectivity index (χ0) is 19.7. The van der Waals surface area contributed by atoms with Crippen LogP contribution in [0.1, 0.15) is 38.3 Å². The lowest BCUT2D eigenvalue weighted by atomic mass is 10.0. The fraction of sp³-hybridized carbons (Fsp3) is 0.632. The van der Waals surface area contributed by atoms with Crippen LogP contribution in [0.25, 0.3) is 0 Å². The molecule has 0 radical (unpaired) electrons. The van der Waals surface area contributed by atoms with Crippen LogP contribution in [0.15, 0.2) is 35.3 Å². The van der Waals surface area contributed by atoms with Crippen molar-refractivity contribution in [2.45, 2.75) is 38.8 Å². The zero-order valence-corrected chi connectivity index (χ0v) is 17.4. The minimum atomic E-state index is -3.16. The number of piperidine rings is 1. The van der Waals surface area contributed by atoms with E-state index in [-0.39, 0.29) is 0 Å². The quantitative estimate of drug-likeness (QED) is 0.351. The summed E-state index contributed by atoms with van der Waals surface area (Å²) in [6.07, 6.45) is 3.27. The predicted molar refractivity (Wildman–Crippen MR) is 111 cm³/mol. The first-order valence-corrected chi connectivity index (χ1v) is 11.6. The third kappa shape index (κ3) is 7.86. The normalized spacial score (nSPS) is 18.3. The van der Waals surface area contributed by atoms with Crippen molar-refractivity contribution in [3.05, 3.63) is 35.9 Å². The lowest BCUT2D eigenvalue weighted by Gasteiger charge is -2.37. The lowest BCUT2D eigenvalue weighted by molar-refractivity contribution is 0.158. The molecular weight excluding hydrogens is 362 g/mol. The maximum absolute atomic E-state index is 11.1. The molecule has 1 saturated heterocycles. The highest BCUT2D eigenvalue weighted by Crippen LogP contribution is 2.23. The molecular formula is C19H33N5O2S. The molecule has 0 spiro atoms. The molecule has 0 amide bonds. The highest BCUT2D eigenvalue weighted by Gasteiger charge is 2.23. The molecule has 1 aliphatic rings. The number of nitrogens with one attached hydrogen (secondary N) is 3. The highest BCUT2D eigenvalue weighted by molar-refractivity contribution is 7.88. The predicted octanol–water partition coefficient (Wildman–Crippen LogP) is 1.32. The first-order chi connectivity index (χ1) is 12.9. The summed E-state index contributed by atoms with van der Waals surface area (Å²) in [4.78, 5) is 6.99. The molecule has 1 aromatic rings. The molecule has 7 nitrogen and oxygen atoms in total. The Kier molecular flexibility index (Phi) is 8.53. The molecule has 2 rings (SSSR count). The summed E-state index contributed by atoms with van der Waals surface area (Å²) in [5, 5.41) is 6.72. The maximum atomic E-state index is 11.1. The first kappa shape index (κ1) is 21.7. The Bertz CT molecular complexity index is 685. The van der Waals surface area contributed by atoms with Crippen LogP contribution in [-0.4, -0.2) is 64.3 Å². The average molecular weight is 396 g/mol. The van der Waals surface area contributed by atoms with E-state index in [1.54, 1.807) is 0 Å². The third-order valence-corrected chi connectivity index (χ3v) is 5.52. The summed E-state index contributed by atoms with van der Waals surface area (Å²) in [5.41, 5.74) is 1.36. The van der Waals surface area contributed by atoms with Crippen LogP contribution in [0, 0.1) is 0 Å². The van der Waals surface area contributed by atoms with Gasteiger partial charge in [-0.3, -0.25) is 9.89 Å². The van der Waals surface area contributed by atoms with E-state index < -0.39 is 10.0 Å².